The Morgan fingerprint density at radius 1 is 1.08 bits per heavy atom. The van der Waals surface area contributed by atoms with Crippen molar-refractivity contribution in [1.82, 2.24) is 0 Å². The zero-order chi connectivity index (χ0) is 19.6. The van der Waals surface area contributed by atoms with E-state index in [4.69, 9.17) is 20.6 Å². The largest absolute Gasteiger partial charge is 0.480 e. The Morgan fingerprint density at radius 3 is 2.35 bits per heavy atom. The van der Waals surface area contributed by atoms with Crippen LogP contribution < -0.4 is 5.73 Å². The number of carboxylic acids is 1. The highest BCUT2D eigenvalue weighted by Crippen LogP contribution is 2.35. The van der Waals surface area contributed by atoms with Crippen molar-refractivity contribution in [2.45, 2.75) is 70.8 Å². The Balaban J connectivity index is 2.75. The van der Waals surface area contributed by atoms with Gasteiger partial charge in [0.05, 0.1) is 6.16 Å². The zero-order valence-electron chi connectivity index (χ0n) is 15.6. The summed E-state index contributed by atoms with van der Waals surface area (Å²) in [5.41, 5.74) is 8.32. The van der Waals surface area contributed by atoms with Gasteiger partial charge in [-0.1, -0.05) is 57.2 Å². The Hall–Kier alpha value is -1.20. The third-order valence-electron chi connectivity index (χ3n) is 4.52. The van der Waals surface area contributed by atoms with Gasteiger partial charge in [-0.3, -0.25) is 9.36 Å². The summed E-state index contributed by atoms with van der Waals surface area (Å²) in [4.78, 5) is 29.2. The van der Waals surface area contributed by atoms with Crippen LogP contribution >= 0.6 is 7.60 Å². The maximum atomic E-state index is 11.1. The molecule has 0 saturated carbocycles. The van der Waals surface area contributed by atoms with Crippen molar-refractivity contribution in [2.24, 2.45) is 5.73 Å². The second-order valence-corrected chi connectivity index (χ2v) is 8.68. The fraction of sp³-hybridized carbons (Fsp3) is 0.632. The van der Waals surface area contributed by atoms with Gasteiger partial charge in [0.1, 0.15) is 6.04 Å². The van der Waals surface area contributed by atoms with Crippen molar-refractivity contribution in [2.75, 3.05) is 6.16 Å². The molecule has 0 radical (unpaired) electrons. The van der Waals surface area contributed by atoms with Gasteiger partial charge in [0.15, 0.2) is 0 Å². The topological polar surface area (TPSA) is 121 Å². The van der Waals surface area contributed by atoms with Gasteiger partial charge in [0.2, 0.25) is 0 Å². The Labute approximate surface area is 156 Å². The first-order valence-corrected chi connectivity index (χ1v) is 11.2. The number of hydrogen-bond acceptors (Lipinski definition) is 3. The number of benzene rings is 1. The number of aliphatic carboxylic acids is 1. The molecule has 0 aliphatic carbocycles. The van der Waals surface area contributed by atoms with Crippen molar-refractivity contribution in [3.8, 4) is 0 Å². The highest BCUT2D eigenvalue weighted by atomic mass is 31.2. The van der Waals surface area contributed by atoms with Crippen LogP contribution in [-0.2, 0) is 28.6 Å². The van der Waals surface area contributed by atoms with Gasteiger partial charge >= 0.3 is 13.6 Å². The lowest BCUT2D eigenvalue weighted by Gasteiger charge is -2.15. The predicted octanol–water partition coefficient (Wildman–Crippen LogP) is 3.26. The van der Waals surface area contributed by atoms with Crippen molar-refractivity contribution in [3.63, 3.8) is 0 Å². The molecule has 1 aromatic carbocycles. The second kappa shape index (κ2) is 11.5. The van der Waals surface area contributed by atoms with Crippen LogP contribution in [0.25, 0.3) is 0 Å². The number of carbonyl (C=O) groups is 1. The highest BCUT2D eigenvalue weighted by Gasteiger charge is 2.18. The molecular weight excluding hydrogens is 353 g/mol. The molecule has 0 saturated heterocycles. The van der Waals surface area contributed by atoms with Gasteiger partial charge in [0, 0.05) is 0 Å². The fourth-order valence-corrected chi connectivity index (χ4v) is 3.50. The first-order chi connectivity index (χ1) is 12.2. The molecule has 0 heterocycles. The minimum atomic E-state index is -4.09. The SMILES string of the molecule is CCCCCCCCc1ccc(CCP(=O)(O)O)c(CC(N)C(=O)O)c1. The van der Waals surface area contributed by atoms with E-state index in [1.165, 1.54) is 32.1 Å². The lowest BCUT2D eigenvalue weighted by molar-refractivity contribution is -0.138. The molecule has 6 nitrogen and oxygen atoms in total. The lowest BCUT2D eigenvalue weighted by Crippen LogP contribution is -2.32. The maximum absolute atomic E-state index is 11.1. The fourth-order valence-electron chi connectivity index (χ4n) is 2.97. The summed E-state index contributed by atoms with van der Waals surface area (Å²) in [6.07, 6.45) is 8.27. The van der Waals surface area contributed by atoms with Crippen LogP contribution in [0.5, 0.6) is 0 Å². The Morgan fingerprint density at radius 2 is 1.73 bits per heavy atom. The molecule has 1 atom stereocenters. The van der Waals surface area contributed by atoms with E-state index in [-0.39, 0.29) is 19.0 Å². The third kappa shape index (κ3) is 9.48. The van der Waals surface area contributed by atoms with E-state index in [0.717, 1.165) is 29.5 Å². The monoisotopic (exact) mass is 385 g/mol. The molecule has 1 rings (SSSR count). The predicted molar refractivity (Wildman–Crippen MR) is 103 cm³/mol. The normalized spacial score (nSPS) is 12.9. The summed E-state index contributed by atoms with van der Waals surface area (Å²) < 4.78 is 11.1. The molecule has 26 heavy (non-hydrogen) atoms. The van der Waals surface area contributed by atoms with E-state index in [1.54, 1.807) is 0 Å². The summed E-state index contributed by atoms with van der Waals surface area (Å²) in [6.45, 7) is 2.19. The first kappa shape index (κ1) is 22.8. The van der Waals surface area contributed by atoms with Crippen molar-refractivity contribution < 1.29 is 24.3 Å². The summed E-state index contributed by atoms with van der Waals surface area (Å²) in [6, 6.07) is 4.75. The molecular formula is C19H32NO5P. The van der Waals surface area contributed by atoms with Crippen LogP contribution in [0.2, 0.25) is 0 Å². The smallest absolute Gasteiger partial charge is 0.325 e. The maximum Gasteiger partial charge on any atom is 0.325 e. The van der Waals surface area contributed by atoms with Gasteiger partial charge in [-0.2, -0.15) is 0 Å². The first-order valence-electron chi connectivity index (χ1n) is 9.36. The van der Waals surface area contributed by atoms with Gasteiger partial charge in [0.25, 0.3) is 0 Å². The van der Waals surface area contributed by atoms with Crippen LogP contribution in [0.1, 0.15) is 62.1 Å². The molecule has 0 aromatic heterocycles. The van der Waals surface area contributed by atoms with E-state index in [0.29, 0.717) is 0 Å². The van der Waals surface area contributed by atoms with Crippen LogP contribution in [-0.4, -0.2) is 33.1 Å². The average Bonchev–Trinajstić information content (AvgIpc) is 2.56. The van der Waals surface area contributed by atoms with Gasteiger partial charge in [-0.25, -0.2) is 0 Å². The molecule has 0 aliphatic rings. The molecule has 148 valence electrons. The molecule has 1 aromatic rings. The van der Waals surface area contributed by atoms with E-state index in [9.17, 15) is 9.36 Å². The van der Waals surface area contributed by atoms with Crippen molar-refractivity contribution in [3.05, 3.63) is 34.9 Å². The number of rotatable bonds is 13. The summed E-state index contributed by atoms with van der Waals surface area (Å²) in [5, 5.41) is 9.06. The highest BCUT2D eigenvalue weighted by molar-refractivity contribution is 7.51. The number of hydrogen-bond donors (Lipinski definition) is 4. The molecule has 7 heteroatoms. The number of carboxylic acid groups (broad SMARTS) is 1. The number of nitrogens with two attached hydrogens (primary N) is 1. The Kier molecular flexibility index (Phi) is 10.1. The van der Waals surface area contributed by atoms with E-state index in [1.807, 2.05) is 18.2 Å². The summed E-state index contributed by atoms with van der Waals surface area (Å²) >= 11 is 0. The lowest BCUT2D eigenvalue weighted by atomic mass is 9.94. The Bertz CT molecular complexity index is 614. The van der Waals surface area contributed by atoms with Crippen LogP contribution in [0.3, 0.4) is 0 Å². The molecule has 1 unspecified atom stereocenters. The quantitative estimate of drug-likeness (QED) is 0.305. The number of unbranched alkanes of at least 4 members (excludes halogenated alkanes) is 5. The minimum Gasteiger partial charge on any atom is -0.480 e. The van der Waals surface area contributed by atoms with Crippen molar-refractivity contribution in [1.29, 1.82) is 0 Å². The molecule has 0 aliphatic heterocycles. The van der Waals surface area contributed by atoms with Crippen molar-refractivity contribution >= 4 is 13.6 Å². The number of aryl methyl sites for hydroxylation is 2. The zero-order valence-corrected chi connectivity index (χ0v) is 16.5. The molecule has 0 bridgehead atoms. The van der Waals surface area contributed by atoms with Gasteiger partial charge in [-0.15, -0.1) is 0 Å². The second-order valence-electron chi connectivity index (χ2n) is 6.91. The standard InChI is InChI=1S/C19H32NO5P/c1-2-3-4-5-6-7-8-15-9-10-16(11-12-26(23,24)25)17(13-15)14-18(20)19(21)22/h9-10,13,18H,2-8,11-12,14,20H2,1H3,(H,21,22)(H2,23,24,25). The van der Waals surface area contributed by atoms with E-state index < -0.39 is 19.6 Å². The van der Waals surface area contributed by atoms with Crippen LogP contribution in [0, 0.1) is 0 Å². The van der Waals surface area contributed by atoms with Gasteiger partial charge in [-0.05, 0) is 42.4 Å². The van der Waals surface area contributed by atoms with Crippen LogP contribution in [0.15, 0.2) is 18.2 Å². The molecule has 5 N–H and O–H groups in total. The average molecular weight is 385 g/mol. The van der Waals surface area contributed by atoms with E-state index >= 15 is 0 Å². The molecule has 0 amide bonds. The van der Waals surface area contributed by atoms with E-state index in [2.05, 4.69) is 6.92 Å². The summed E-state index contributed by atoms with van der Waals surface area (Å²) in [7, 11) is -4.09. The van der Waals surface area contributed by atoms with Crippen LogP contribution in [0.4, 0.5) is 0 Å². The third-order valence-corrected chi connectivity index (χ3v) is 5.33. The minimum absolute atomic E-state index is 0.163. The molecule has 0 fully saturated rings. The molecule has 0 spiro atoms. The van der Waals surface area contributed by atoms with Gasteiger partial charge < -0.3 is 20.6 Å². The summed E-state index contributed by atoms with van der Waals surface area (Å²) in [5.74, 6) is -1.08.